The van der Waals surface area contributed by atoms with Gasteiger partial charge in [-0.15, -0.1) is 0 Å². The molecule has 4 heteroatoms. The summed E-state index contributed by atoms with van der Waals surface area (Å²) in [7, 11) is 0. The number of hydrogen-bond acceptors (Lipinski definition) is 2. The Kier molecular flexibility index (Phi) is 6.68. The molecular formula is C30H32N4. The first-order valence-electron chi connectivity index (χ1n) is 12.8. The van der Waals surface area contributed by atoms with Gasteiger partial charge in [0.1, 0.15) is 0 Å². The van der Waals surface area contributed by atoms with Gasteiger partial charge in [0.15, 0.2) is 0 Å². The third-order valence-electron chi connectivity index (χ3n) is 7.82. The van der Waals surface area contributed by atoms with Gasteiger partial charge < -0.3 is 9.97 Å². The predicted octanol–water partition coefficient (Wildman–Crippen LogP) is 8.17. The number of benzene rings is 2. The van der Waals surface area contributed by atoms with Gasteiger partial charge in [-0.05, 0) is 85.0 Å². The fraction of sp³-hybridized carbons (Fsp3) is 0.400. The van der Waals surface area contributed by atoms with E-state index >= 15 is 0 Å². The van der Waals surface area contributed by atoms with Crippen LogP contribution >= 0.6 is 0 Å². The molecule has 0 unspecified atom stereocenters. The van der Waals surface area contributed by atoms with Crippen molar-refractivity contribution in [2.75, 3.05) is 0 Å². The van der Waals surface area contributed by atoms with E-state index in [1.165, 1.54) is 86.1 Å². The molecule has 4 aromatic rings. The summed E-state index contributed by atoms with van der Waals surface area (Å²) in [5, 5.41) is 21.1. The molecule has 2 aromatic carbocycles. The maximum absolute atomic E-state index is 9.29. The lowest BCUT2D eigenvalue weighted by atomic mass is 9.81. The van der Waals surface area contributed by atoms with Crippen molar-refractivity contribution in [2.24, 2.45) is 0 Å². The zero-order chi connectivity index (χ0) is 23.3. The van der Waals surface area contributed by atoms with Crippen molar-refractivity contribution in [3.05, 3.63) is 71.0 Å². The van der Waals surface area contributed by atoms with Crippen LogP contribution in [-0.4, -0.2) is 9.97 Å². The van der Waals surface area contributed by atoms with Gasteiger partial charge in [0.05, 0.1) is 23.3 Å². The Labute approximate surface area is 201 Å². The number of aromatic nitrogens is 2. The van der Waals surface area contributed by atoms with Gasteiger partial charge in [0, 0.05) is 34.2 Å². The van der Waals surface area contributed by atoms with E-state index < -0.39 is 0 Å². The molecule has 0 aliphatic heterocycles. The zero-order valence-corrected chi connectivity index (χ0v) is 19.7. The maximum atomic E-state index is 9.29. The Morgan fingerprint density at radius 1 is 0.559 bits per heavy atom. The van der Waals surface area contributed by atoms with Crippen molar-refractivity contribution < 1.29 is 0 Å². The van der Waals surface area contributed by atoms with E-state index in [1.54, 1.807) is 0 Å². The van der Waals surface area contributed by atoms with Gasteiger partial charge in [0.25, 0.3) is 0 Å². The van der Waals surface area contributed by atoms with Crippen LogP contribution in [-0.2, 0) is 0 Å². The quantitative estimate of drug-likeness (QED) is 0.324. The van der Waals surface area contributed by atoms with Gasteiger partial charge in [-0.1, -0.05) is 38.5 Å². The minimum absolute atomic E-state index is 0.581. The smallest absolute Gasteiger partial charge is 0.0994 e. The molecule has 0 bridgehead atoms. The molecule has 0 radical (unpaired) electrons. The number of nitrogens with zero attached hydrogens (tertiary/aromatic N) is 2. The minimum atomic E-state index is 0.581. The average molecular weight is 449 g/mol. The first-order valence-corrected chi connectivity index (χ1v) is 12.8. The van der Waals surface area contributed by atoms with Crippen molar-refractivity contribution in [3.63, 3.8) is 0 Å². The van der Waals surface area contributed by atoms with Crippen LogP contribution in [0, 0.1) is 22.7 Å². The zero-order valence-electron chi connectivity index (χ0n) is 19.7. The second kappa shape index (κ2) is 10.2. The van der Waals surface area contributed by atoms with Crippen LogP contribution < -0.4 is 0 Å². The van der Waals surface area contributed by atoms with Crippen LogP contribution in [0.4, 0.5) is 0 Å². The second-order valence-corrected chi connectivity index (χ2v) is 9.82. The molecule has 34 heavy (non-hydrogen) atoms. The second-order valence-electron chi connectivity index (χ2n) is 9.82. The Morgan fingerprint density at radius 2 is 0.971 bits per heavy atom. The lowest BCUT2D eigenvalue weighted by Gasteiger charge is -2.23. The molecule has 2 aliphatic rings. The van der Waals surface area contributed by atoms with Crippen molar-refractivity contribution in [1.29, 1.82) is 10.5 Å². The minimum Gasteiger partial charge on any atom is -0.361 e. The molecule has 0 amide bonds. The van der Waals surface area contributed by atoms with Crippen molar-refractivity contribution in [1.82, 2.24) is 9.97 Å². The van der Waals surface area contributed by atoms with E-state index in [0.717, 1.165) is 22.2 Å². The molecule has 0 spiro atoms. The Balaban J connectivity index is 0.000000142. The molecular weight excluding hydrogens is 416 g/mol. The predicted molar refractivity (Wildman–Crippen MR) is 138 cm³/mol. The van der Waals surface area contributed by atoms with Crippen LogP contribution in [0.1, 0.15) is 98.3 Å². The Bertz CT molecular complexity index is 1240. The van der Waals surface area contributed by atoms with Crippen LogP contribution in [0.25, 0.3) is 21.8 Å². The highest BCUT2D eigenvalue weighted by Gasteiger charge is 2.22. The fourth-order valence-electron chi connectivity index (χ4n) is 6.17. The van der Waals surface area contributed by atoms with Gasteiger partial charge in [-0.3, -0.25) is 0 Å². The maximum Gasteiger partial charge on any atom is 0.0994 e. The molecule has 2 fully saturated rings. The van der Waals surface area contributed by atoms with Crippen molar-refractivity contribution >= 4 is 21.8 Å². The fourth-order valence-corrected chi connectivity index (χ4v) is 6.17. The van der Waals surface area contributed by atoms with Crippen LogP contribution in [0.15, 0.2) is 48.8 Å². The monoisotopic (exact) mass is 448 g/mol. The third kappa shape index (κ3) is 4.34. The standard InChI is InChI=1S/2C15H16N2/c2*16-10-12-6-7-14-13(8-9-17-14)15(12)11-4-2-1-3-5-11/h2*6-9,11,17H,1-5H2. The third-order valence-corrected chi connectivity index (χ3v) is 7.82. The summed E-state index contributed by atoms with van der Waals surface area (Å²) in [5.74, 6) is 1.16. The van der Waals surface area contributed by atoms with E-state index in [4.69, 9.17) is 0 Å². The molecule has 2 aliphatic carbocycles. The summed E-state index contributed by atoms with van der Waals surface area (Å²) in [5.41, 5.74) is 6.61. The molecule has 2 saturated carbocycles. The van der Waals surface area contributed by atoms with E-state index in [1.807, 2.05) is 36.7 Å². The first kappa shape index (κ1) is 22.3. The lowest BCUT2D eigenvalue weighted by molar-refractivity contribution is 0.445. The van der Waals surface area contributed by atoms with E-state index in [-0.39, 0.29) is 0 Å². The van der Waals surface area contributed by atoms with Gasteiger partial charge in [-0.2, -0.15) is 10.5 Å². The number of nitriles is 2. The SMILES string of the molecule is N#Cc1ccc2[nH]ccc2c1C1CCCCC1.N#Cc1ccc2[nH]ccc2c1C1CCCCC1. The van der Waals surface area contributed by atoms with Gasteiger partial charge >= 0.3 is 0 Å². The van der Waals surface area contributed by atoms with E-state index in [0.29, 0.717) is 11.8 Å². The Hall–Kier alpha value is -3.50. The summed E-state index contributed by atoms with van der Waals surface area (Å²) in [4.78, 5) is 6.48. The molecule has 2 aromatic heterocycles. The van der Waals surface area contributed by atoms with Gasteiger partial charge in [-0.25, -0.2) is 0 Å². The molecule has 6 rings (SSSR count). The average Bonchev–Trinajstić information content (AvgIpc) is 3.58. The van der Waals surface area contributed by atoms with Crippen molar-refractivity contribution in [2.45, 2.75) is 76.0 Å². The normalized spacial score (nSPS) is 17.1. The number of nitrogens with one attached hydrogen (secondary N) is 2. The van der Waals surface area contributed by atoms with Crippen molar-refractivity contribution in [3.8, 4) is 12.1 Å². The topological polar surface area (TPSA) is 79.2 Å². The summed E-state index contributed by atoms with van der Waals surface area (Å²) < 4.78 is 0. The van der Waals surface area contributed by atoms with E-state index in [2.05, 4.69) is 34.2 Å². The molecule has 2 N–H and O–H groups in total. The number of H-pyrrole nitrogens is 2. The highest BCUT2D eigenvalue weighted by molar-refractivity contribution is 5.86. The van der Waals surface area contributed by atoms with Gasteiger partial charge in [0.2, 0.25) is 0 Å². The largest absolute Gasteiger partial charge is 0.361 e. The highest BCUT2D eigenvalue weighted by Crippen LogP contribution is 2.39. The molecule has 4 nitrogen and oxygen atoms in total. The summed E-state index contributed by atoms with van der Waals surface area (Å²) >= 11 is 0. The van der Waals surface area contributed by atoms with Crippen LogP contribution in [0.5, 0.6) is 0 Å². The van der Waals surface area contributed by atoms with Crippen LogP contribution in [0.2, 0.25) is 0 Å². The molecule has 0 saturated heterocycles. The lowest BCUT2D eigenvalue weighted by Crippen LogP contribution is -2.06. The summed E-state index contributed by atoms with van der Waals surface area (Å²) in [6.07, 6.45) is 16.8. The van der Waals surface area contributed by atoms with Crippen LogP contribution in [0.3, 0.4) is 0 Å². The highest BCUT2D eigenvalue weighted by atomic mass is 14.7. The number of aromatic amines is 2. The number of hydrogen-bond donors (Lipinski definition) is 2. The molecule has 2 heterocycles. The number of rotatable bonds is 2. The Morgan fingerprint density at radius 3 is 1.35 bits per heavy atom. The van der Waals surface area contributed by atoms with E-state index in [9.17, 15) is 10.5 Å². The first-order chi connectivity index (χ1) is 16.8. The summed E-state index contributed by atoms with van der Waals surface area (Å²) in [6.45, 7) is 0. The summed E-state index contributed by atoms with van der Waals surface area (Å²) in [6, 6.07) is 16.9. The molecule has 0 atom stereocenters. The number of fused-ring (bicyclic) bond motifs is 2. The molecule has 172 valence electrons.